The highest BCUT2D eigenvalue weighted by atomic mass is 16.3. The predicted molar refractivity (Wildman–Crippen MR) is 86.4 cm³/mol. The molecule has 23 heavy (non-hydrogen) atoms. The Labute approximate surface area is 135 Å². The fourth-order valence-electron chi connectivity index (χ4n) is 3.13. The molecular formula is C17H22N4O2. The second-order valence-electron chi connectivity index (χ2n) is 6.07. The Hall–Kier alpha value is -2.21. The van der Waals surface area contributed by atoms with E-state index < -0.39 is 0 Å². The lowest BCUT2D eigenvalue weighted by Crippen LogP contribution is -2.44. The van der Waals surface area contributed by atoms with Crippen LogP contribution in [0.5, 0.6) is 0 Å². The van der Waals surface area contributed by atoms with E-state index in [1.807, 2.05) is 30.3 Å². The number of aliphatic hydroxyl groups is 1. The molecule has 1 saturated carbocycles. The number of carbonyl (C=O) groups excluding carboxylic acids is 1. The van der Waals surface area contributed by atoms with Crippen LogP contribution in [0.3, 0.4) is 0 Å². The minimum atomic E-state index is -0.0835. The van der Waals surface area contributed by atoms with Crippen molar-refractivity contribution in [3.8, 4) is 11.3 Å². The minimum absolute atomic E-state index is 0.0679. The van der Waals surface area contributed by atoms with Crippen LogP contribution in [0.25, 0.3) is 11.3 Å². The van der Waals surface area contributed by atoms with Gasteiger partial charge in [0.2, 0.25) is 5.91 Å². The van der Waals surface area contributed by atoms with Crippen LogP contribution in [0.1, 0.15) is 25.7 Å². The Kier molecular flexibility index (Phi) is 5.02. The van der Waals surface area contributed by atoms with Crippen molar-refractivity contribution in [2.75, 3.05) is 6.61 Å². The summed E-state index contributed by atoms with van der Waals surface area (Å²) in [6, 6.07) is 9.82. The predicted octanol–water partition coefficient (Wildman–Crippen LogP) is 1.61. The van der Waals surface area contributed by atoms with Crippen LogP contribution in [0, 0.1) is 5.92 Å². The van der Waals surface area contributed by atoms with Gasteiger partial charge in [0, 0.05) is 24.1 Å². The van der Waals surface area contributed by atoms with Crippen LogP contribution < -0.4 is 5.32 Å². The van der Waals surface area contributed by atoms with Gasteiger partial charge in [0.15, 0.2) is 0 Å². The van der Waals surface area contributed by atoms with E-state index in [1.54, 1.807) is 10.9 Å². The fraction of sp³-hybridized carbons (Fsp3) is 0.471. The molecule has 0 radical (unpaired) electrons. The maximum atomic E-state index is 12.2. The van der Waals surface area contributed by atoms with Crippen molar-refractivity contribution >= 4 is 5.91 Å². The van der Waals surface area contributed by atoms with Crippen LogP contribution in [0.2, 0.25) is 0 Å². The first-order valence-corrected chi connectivity index (χ1v) is 8.12. The molecule has 0 bridgehead atoms. The van der Waals surface area contributed by atoms with Gasteiger partial charge in [-0.2, -0.15) is 0 Å². The first-order valence-electron chi connectivity index (χ1n) is 8.12. The Morgan fingerprint density at radius 2 is 2.04 bits per heavy atom. The molecule has 0 saturated heterocycles. The Balaban J connectivity index is 1.59. The van der Waals surface area contributed by atoms with Gasteiger partial charge >= 0.3 is 0 Å². The molecule has 2 aromatic rings. The van der Waals surface area contributed by atoms with Crippen LogP contribution in [-0.2, 0) is 11.3 Å². The van der Waals surface area contributed by atoms with Crippen molar-refractivity contribution in [2.45, 2.75) is 38.3 Å². The summed E-state index contributed by atoms with van der Waals surface area (Å²) in [5, 5.41) is 20.6. The molecule has 1 aliphatic carbocycles. The van der Waals surface area contributed by atoms with Gasteiger partial charge in [-0.25, -0.2) is 4.68 Å². The molecular weight excluding hydrogens is 292 g/mol. The van der Waals surface area contributed by atoms with Crippen LogP contribution in [-0.4, -0.2) is 38.7 Å². The van der Waals surface area contributed by atoms with E-state index in [0.717, 1.165) is 36.9 Å². The van der Waals surface area contributed by atoms with Crippen molar-refractivity contribution < 1.29 is 9.90 Å². The molecule has 3 rings (SSSR count). The number of benzene rings is 1. The van der Waals surface area contributed by atoms with Crippen LogP contribution in [0.15, 0.2) is 36.5 Å². The topological polar surface area (TPSA) is 80.0 Å². The van der Waals surface area contributed by atoms with Gasteiger partial charge in [0.1, 0.15) is 12.2 Å². The standard InChI is InChI=1S/C17H22N4O2/c22-12-14-8-4-5-9-15(14)18-17(23)11-21-10-16(19-20-21)13-6-2-1-3-7-13/h1-3,6-7,10,14-15,22H,4-5,8-9,11-12H2,(H,18,23). The number of hydrogen-bond acceptors (Lipinski definition) is 4. The van der Waals surface area contributed by atoms with Gasteiger partial charge in [0.25, 0.3) is 0 Å². The van der Waals surface area contributed by atoms with E-state index in [0.29, 0.717) is 0 Å². The number of aromatic nitrogens is 3. The normalized spacial score (nSPS) is 21.1. The van der Waals surface area contributed by atoms with E-state index >= 15 is 0 Å². The second kappa shape index (κ2) is 7.37. The van der Waals surface area contributed by atoms with Gasteiger partial charge in [-0.15, -0.1) is 5.10 Å². The highest BCUT2D eigenvalue weighted by Gasteiger charge is 2.25. The lowest BCUT2D eigenvalue weighted by Gasteiger charge is -2.30. The van der Waals surface area contributed by atoms with Gasteiger partial charge in [-0.05, 0) is 12.8 Å². The monoisotopic (exact) mass is 314 g/mol. The number of aliphatic hydroxyl groups excluding tert-OH is 1. The van der Waals surface area contributed by atoms with E-state index in [-0.39, 0.29) is 31.0 Å². The number of rotatable bonds is 5. The number of amides is 1. The largest absolute Gasteiger partial charge is 0.396 e. The summed E-state index contributed by atoms with van der Waals surface area (Å²) in [6.45, 7) is 0.279. The molecule has 2 N–H and O–H groups in total. The summed E-state index contributed by atoms with van der Waals surface area (Å²) in [7, 11) is 0. The zero-order chi connectivity index (χ0) is 16.1. The van der Waals surface area contributed by atoms with Crippen LogP contribution in [0.4, 0.5) is 0 Å². The van der Waals surface area contributed by atoms with E-state index in [2.05, 4.69) is 15.6 Å². The van der Waals surface area contributed by atoms with E-state index in [4.69, 9.17) is 0 Å². The summed E-state index contributed by atoms with van der Waals surface area (Å²) in [6.07, 6.45) is 5.91. The molecule has 1 aliphatic rings. The molecule has 0 spiro atoms. The third-order valence-electron chi connectivity index (χ3n) is 4.40. The van der Waals surface area contributed by atoms with Crippen molar-refractivity contribution in [3.05, 3.63) is 36.5 Å². The smallest absolute Gasteiger partial charge is 0.242 e. The molecule has 1 heterocycles. The zero-order valence-electron chi connectivity index (χ0n) is 13.1. The molecule has 122 valence electrons. The molecule has 6 heteroatoms. The third kappa shape index (κ3) is 3.96. The van der Waals surface area contributed by atoms with Crippen molar-refractivity contribution in [2.24, 2.45) is 5.92 Å². The lowest BCUT2D eigenvalue weighted by atomic mass is 9.85. The quantitative estimate of drug-likeness (QED) is 0.879. The molecule has 2 unspecified atom stereocenters. The highest BCUT2D eigenvalue weighted by Crippen LogP contribution is 2.24. The minimum Gasteiger partial charge on any atom is -0.396 e. The number of nitrogens with one attached hydrogen (secondary N) is 1. The van der Waals surface area contributed by atoms with E-state index in [9.17, 15) is 9.90 Å². The fourth-order valence-corrected chi connectivity index (χ4v) is 3.13. The maximum absolute atomic E-state index is 12.2. The Morgan fingerprint density at radius 1 is 1.26 bits per heavy atom. The first kappa shape index (κ1) is 15.7. The average molecular weight is 314 g/mol. The number of carbonyl (C=O) groups is 1. The molecule has 2 atom stereocenters. The summed E-state index contributed by atoms with van der Waals surface area (Å²) in [4.78, 5) is 12.2. The molecule has 0 aliphatic heterocycles. The first-order chi connectivity index (χ1) is 11.3. The van der Waals surface area contributed by atoms with Crippen molar-refractivity contribution in [1.29, 1.82) is 0 Å². The number of nitrogens with zero attached hydrogens (tertiary/aromatic N) is 3. The Bertz CT molecular complexity index is 641. The molecule has 1 amide bonds. The molecule has 1 aromatic heterocycles. The van der Waals surface area contributed by atoms with Gasteiger partial charge in [-0.1, -0.05) is 48.4 Å². The zero-order valence-corrected chi connectivity index (χ0v) is 13.1. The summed E-state index contributed by atoms with van der Waals surface area (Å²) < 4.78 is 1.55. The van der Waals surface area contributed by atoms with Crippen molar-refractivity contribution in [3.63, 3.8) is 0 Å². The second-order valence-corrected chi connectivity index (χ2v) is 6.07. The third-order valence-corrected chi connectivity index (χ3v) is 4.40. The lowest BCUT2D eigenvalue weighted by molar-refractivity contribution is -0.123. The van der Waals surface area contributed by atoms with Gasteiger partial charge in [0.05, 0.1) is 6.20 Å². The van der Waals surface area contributed by atoms with Crippen LogP contribution >= 0.6 is 0 Å². The van der Waals surface area contributed by atoms with Gasteiger partial charge < -0.3 is 10.4 Å². The average Bonchev–Trinajstić information content (AvgIpc) is 3.04. The summed E-state index contributed by atoms with van der Waals surface area (Å²) >= 11 is 0. The van der Waals surface area contributed by atoms with Gasteiger partial charge in [-0.3, -0.25) is 4.79 Å². The molecule has 6 nitrogen and oxygen atoms in total. The maximum Gasteiger partial charge on any atom is 0.242 e. The Morgan fingerprint density at radius 3 is 2.83 bits per heavy atom. The van der Waals surface area contributed by atoms with Crippen molar-refractivity contribution in [1.82, 2.24) is 20.3 Å². The number of hydrogen-bond donors (Lipinski definition) is 2. The highest BCUT2D eigenvalue weighted by molar-refractivity contribution is 5.76. The summed E-state index contributed by atoms with van der Waals surface area (Å²) in [5.74, 6) is 0.0863. The molecule has 1 fully saturated rings. The molecule has 1 aromatic carbocycles. The SMILES string of the molecule is O=C(Cn1cc(-c2ccccc2)nn1)NC1CCCCC1CO. The summed E-state index contributed by atoms with van der Waals surface area (Å²) in [5.41, 5.74) is 1.73. The van der Waals surface area contributed by atoms with E-state index in [1.165, 1.54) is 0 Å².